The molecule has 2 fully saturated rings. The van der Waals surface area contributed by atoms with Gasteiger partial charge < -0.3 is 10.1 Å². The smallest absolute Gasteiger partial charge is 0.0812 e. The predicted octanol–water partition coefficient (Wildman–Crippen LogP) is 3.89. The van der Waals surface area contributed by atoms with Gasteiger partial charge in [0.1, 0.15) is 0 Å². The highest BCUT2D eigenvalue weighted by Crippen LogP contribution is 2.39. The van der Waals surface area contributed by atoms with Gasteiger partial charge in [-0.25, -0.2) is 0 Å². The van der Waals surface area contributed by atoms with Gasteiger partial charge in [-0.05, 0) is 58.8 Å². The molecule has 0 heterocycles. The van der Waals surface area contributed by atoms with Crippen LogP contribution in [-0.4, -0.2) is 23.8 Å². The maximum absolute atomic E-state index is 6.52. The first-order valence-corrected chi connectivity index (χ1v) is 7.81. The van der Waals surface area contributed by atoms with Crippen LogP contribution in [0, 0.1) is 5.92 Å². The Morgan fingerprint density at radius 2 is 1.89 bits per heavy atom. The van der Waals surface area contributed by atoms with E-state index in [1.165, 1.54) is 44.9 Å². The van der Waals surface area contributed by atoms with E-state index < -0.39 is 0 Å². The van der Waals surface area contributed by atoms with Crippen molar-refractivity contribution in [2.24, 2.45) is 5.92 Å². The molecule has 2 saturated carbocycles. The van der Waals surface area contributed by atoms with Crippen molar-refractivity contribution >= 4 is 0 Å². The van der Waals surface area contributed by atoms with Crippen LogP contribution in [0.5, 0.6) is 0 Å². The molecule has 2 nitrogen and oxygen atoms in total. The van der Waals surface area contributed by atoms with E-state index in [0.29, 0.717) is 6.10 Å². The molecule has 0 radical (unpaired) electrons. The number of hydrogen-bond acceptors (Lipinski definition) is 2. The summed E-state index contributed by atoms with van der Waals surface area (Å²) in [6.45, 7) is 10.1. The van der Waals surface area contributed by atoms with E-state index in [1.807, 2.05) is 0 Å². The van der Waals surface area contributed by atoms with Crippen LogP contribution in [0.2, 0.25) is 0 Å². The molecule has 0 aromatic carbocycles. The van der Waals surface area contributed by atoms with Crippen molar-refractivity contribution in [3.05, 3.63) is 0 Å². The summed E-state index contributed by atoms with van der Waals surface area (Å²) in [5.74, 6) is 0.820. The van der Waals surface area contributed by atoms with Crippen molar-refractivity contribution in [2.45, 2.75) is 89.9 Å². The molecule has 0 amide bonds. The largest absolute Gasteiger partial charge is 0.370 e. The van der Waals surface area contributed by atoms with E-state index in [1.54, 1.807) is 0 Å². The molecule has 106 valence electrons. The van der Waals surface area contributed by atoms with E-state index >= 15 is 0 Å². The fraction of sp³-hybridized carbons (Fsp3) is 1.00. The molecule has 0 aromatic rings. The van der Waals surface area contributed by atoms with E-state index in [4.69, 9.17) is 4.74 Å². The van der Waals surface area contributed by atoms with Crippen molar-refractivity contribution < 1.29 is 4.74 Å². The number of rotatable bonds is 4. The van der Waals surface area contributed by atoms with Crippen LogP contribution < -0.4 is 5.32 Å². The summed E-state index contributed by atoms with van der Waals surface area (Å²) in [5.41, 5.74) is 0.312. The van der Waals surface area contributed by atoms with E-state index in [-0.39, 0.29) is 11.1 Å². The van der Waals surface area contributed by atoms with Crippen LogP contribution in [-0.2, 0) is 4.74 Å². The monoisotopic (exact) mass is 253 g/mol. The molecule has 2 atom stereocenters. The minimum Gasteiger partial charge on any atom is -0.370 e. The standard InChI is InChI=1S/C16H31NO/c1-13-7-6-10-16(11-13,12-17-15(2,3)4)18-14-8-5-9-14/h13-14,17H,5-12H2,1-4H3. The third kappa shape index (κ3) is 3.96. The fourth-order valence-electron chi connectivity index (χ4n) is 3.19. The highest BCUT2D eigenvalue weighted by molar-refractivity contribution is 4.93. The first kappa shape index (κ1) is 14.3. The van der Waals surface area contributed by atoms with Gasteiger partial charge in [-0.2, -0.15) is 0 Å². The number of ether oxygens (including phenoxy) is 1. The van der Waals surface area contributed by atoms with Gasteiger partial charge in [0.05, 0.1) is 11.7 Å². The lowest BCUT2D eigenvalue weighted by atomic mass is 9.77. The zero-order chi connectivity index (χ0) is 13.2. The third-order valence-corrected chi connectivity index (χ3v) is 4.46. The molecule has 0 saturated heterocycles. The molecule has 18 heavy (non-hydrogen) atoms. The Hall–Kier alpha value is -0.0800. The molecular weight excluding hydrogens is 222 g/mol. The average Bonchev–Trinajstić information content (AvgIpc) is 2.21. The molecule has 2 unspecified atom stereocenters. The number of nitrogens with one attached hydrogen (secondary N) is 1. The SMILES string of the molecule is CC1CCCC(CNC(C)(C)C)(OC2CCC2)C1. The van der Waals surface area contributed by atoms with Gasteiger partial charge in [0, 0.05) is 12.1 Å². The first-order valence-electron chi connectivity index (χ1n) is 7.81. The Kier molecular flexibility index (Phi) is 4.38. The summed E-state index contributed by atoms with van der Waals surface area (Å²) >= 11 is 0. The summed E-state index contributed by atoms with van der Waals surface area (Å²) in [4.78, 5) is 0. The van der Waals surface area contributed by atoms with Gasteiger partial charge in [0.15, 0.2) is 0 Å². The van der Waals surface area contributed by atoms with Crippen molar-refractivity contribution in [2.75, 3.05) is 6.54 Å². The van der Waals surface area contributed by atoms with Crippen LogP contribution in [0.3, 0.4) is 0 Å². The van der Waals surface area contributed by atoms with Gasteiger partial charge in [-0.15, -0.1) is 0 Å². The summed E-state index contributed by atoms with van der Waals surface area (Å²) < 4.78 is 6.52. The molecule has 1 N–H and O–H groups in total. The van der Waals surface area contributed by atoms with Crippen LogP contribution in [0.25, 0.3) is 0 Å². The third-order valence-electron chi connectivity index (χ3n) is 4.46. The first-order chi connectivity index (χ1) is 8.39. The summed E-state index contributed by atoms with van der Waals surface area (Å²) in [7, 11) is 0. The molecule has 2 rings (SSSR count). The Labute approximate surface area is 113 Å². The minimum atomic E-state index is 0.121. The normalized spacial score (nSPS) is 34.3. The lowest BCUT2D eigenvalue weighted by Crippen LogP contribution is -2.53. The van der Waals surface area contributed by atoms with Gasteiger partial charge in [0.2, 0.25) is 0 Å². The fourth-order valence-corrected chi connectivity index (χ4v) is 3.19. The van der Waals surface area contributed by atoms with Gasteiger partial charge in [0.25, 0.3) is 0 Å². The lowest BCUT2D eigenvalue weighted by molar-refractivity contribution is -0.144. The number of hydrogen-bond donors (Lipinski definition) is 1. The second-order valence-electron chi connectivity index (χ2n) is 7.66. The topological polar surface area (TPSA) is 21.3 Å². The summed E-state index contributed by atoms with van der Waals surface area (Å²) in [6, 6.07) is 0. The van der Waals surface area contributed by atoms with E-state index in [2.05, 4.69) is 33.0 Å². The van der Waals surface area contributed by atoms with Gasteiger partial charge >= 0.3 is 0 Å². The average molecular weight is 253 g/mol. The summed E-state index contributed by atoms with van der Waals surface area (Å²) in [5, 5.41) is 3.68. The minimum absolute atomic E-state index is 0.121. The van der Waals surface area contributed by atoms with Crippen LogP contribution in [0.1, 0.15) is 72.6 Å². The van der Waals surface area contributed by atoms with Crippen molar-refractivity contribution in [1.82, 2.24) is 5.32 Å². The maximum atomic E-state index is 6.52. The van der Waals surface area contributed by atoms with E-state index in [9.17, 15) is 0 Å². The molecule has 2 aliphatic carbocycles. The molecule has 0 spiro atoms. The van der Waals surface area contributed by atoms with Crippen molar-refractivity contribution in [3.8, 4) is 0 Å². The predicted molar refractivity (Wildman–Crippen MR) is 76.8 cm³/mol. The van der Waals surface area contributed by atoms with Crippen LogP contribution >= 0.6 is 0 Å². The highest BCUT2D eigenvalue weighted by Gasteiger charge is 2.39. The molecule has 0 aliphatic heterocycles. The summed E-state index contributed by atoms with van der Waals surface area (Å²) in [6.07, 6.45) is 9.69. The highest BCUT2D eigenvalue weighted by atomic mass is 16.5. The lowest BCUT2D eigenvalue weighted by Gasteiger charge is -2.45. The van der Waals surface area contributed by atoms with E-state index in [0.717, 1.165) is 12.5 Å². The zero-order valence-corrected chi connectivity index (χ0v) is 12.7. The second kappa shape index (κ2) is 5.50. The van der Waals surface area contributed by atoms with Crippen molar-refractivity contribution in [1.29, 1.82) is 0 Å². The Balaban J connectivity index is 1.96. The Morgan fingerprint density at radius 3 is 2.39 bits per heavy atom. The molecule has 0 aromatic heterocycles. The maximum Gasteiger partial charge on any atom is 0.0812 e. The van der Waals surface area contributed by atoms with Crippen LogP contribution in [0.15, 0.2) is 0 Å². The Bertz CT molecular complexity index is 267. The zero-order valence-electron chi connectivity index (χ0n) is 12.7. The molecule has 2 aliphatic rings. The quantitative estimate of drug-likeness (QED) is 0.820. The molecular formula is C16H31NO. The second-order valence-corrected chi connectivity index (χ2v) is 7.66. The Morgan fingerprint density at radius 1 is 1.17 bits per heavy atom. The van der Waals surface area contributed by atoms with Gasteiger partial charge in [-0.1, -0.05) is 19.8 Å². The van der Waals surface area contributed by atoms with Crippen molar-refractivity contribution in [3.63, 3.8) is 0 Å². The molecule has 0 bridgehead atoms. The van der Waals surface area contributed by atoms with Gasteiger partial charge in [-0.3, -0.25) is 0 Å². The van der Waals surface area contributed by atoms with Crippen LogP contribution in [0.4, 0.5) is 0 Å². The molecule has 2 heteroatoms.